The molecule has 1 aromatic carbocycles. The number of hydrogen-bond acceptors (Lipinski definition) is 3. The van der Waals surface area contributed by atoms with Crippen LogP contribution in [0, 0.1) is 11.8 Å². The molecule has 0 spiro atoms. The number of carbonyl (C=O) groups excluding carboxylic acids is 3. The first-order chi connectivity index (χ1) is 13.1. The smallest absolute Gasteiger partial charge is 0.253 e. The summed E-state index contributed by atoms with van der Waals surface area (Å²) in [6.07, 6.45) is 5.82. The molecule has 3 amide bonds. The van der Waals surface area contributed by atoms with Gasteiger partial charge < -0.3 is 15.1 Å². The number of carbonyl (C=O) groups is 3. The zero-order valence-corrected chi connectivity index (χ0v) is 15.7. The van der Waals surface area contributed by atoms with E-state index >= 15 is 0 Å². The fourth-order valence-electron chi connectivity index (χ4n) is 4.02. The Bertz CT molecular complexity index is 721. The topological polar surface area (TPSA) is 69.7 Å². The molecule has 6 heteroatoms. The highest BCUT2D eigenvalue weighted by molar-refractivity contribution is 5.96. The molecule has 1 aliphatic carbocycles. The van der Waals surface area contributed by atoms with E-state index in [4.69, 9.17) is 0 Å². The minimum atomic E-state index is -0.160. The van der Waals surface area contributed by atoms with Crippen LogP contribution >= 0.6 is 0 Å². The second-order valence-corrected chi connectivity index (χ2v) is 7.96. The molecule has 1 atom stereocenters. The van der Waals surface area contributed by atoms with E-state index in [-0.39, 0.29) is 29.6 Å². The lowest BCUT2D eigenvalue weighted by Gasteiger charge is -2.32. The number of anilines is 1. The molecule has 6 nitrogen and oxygen atoms in total. The van der Waals surface area contributed by atoms with Crippen LogP contribution in [0.1, 0.15) is 48.9 Å². The third-order valence-corrected chi connectivity index (χ3v) is 5.82. The summed E-state index contributed by atoms with van der Waals surface area (Å²) >= 11 is 0. The van der Waals surface area contributed by atoms with Crippen molar-refractivity contribution in [3.05, 3.63) is 29.8 Å². The molecular weight excluding hydrogens is 342 g/mol. The quantitative estimate of drug-likeness (QED) is 0.887. The van der Waals surface area contributed by atoms with E-state index in [1.54, 1.807) is 24.3 Å². The molecule has 144 valence electrons. The van der Waals surface area contributed by atoms with Gasteiger partial charge in [-0.3, -0.25) is 14.4 Å². The summed E-state index contributed by atoms with van der Waals surface area (Å²) in [6.45, 7) is 2.95. The van der Waals surface area contributed by atoms with Crippen LogP contribution in [-0.2, 0) is 9.59 Å². The fourth-order valence-corrected chi connectivity index (χ4v) is 4.02. The minimum absolute atomic E-state index is 0.0399. The Morgan fingerprint density at radius 3 is 2.15 bits per heavy atom. The molecule has 1 saturated carbocycles. The number of nitrogens with one attached hydrogen (secondary N) is 1. The third-order valence-electron chi connectivity index (χ3n) is 5.82. The summed E-state index contributed by atoms with van der Waals surface area (Å²) in [5, 5.41) is 2.95. The molecule has 0 bridgehead atoms. The predicted octanol–water partition coefficient (Wildman–Crippen LogP) is 2.51. The van der Waals surface area contributed by atoms with Crippen molar-refractivity contribution in [2.45, 2.75) is 38.5 Å². The number of hydrogen-bond donors (Lipinski definition) is 1. The van der Waals surface area contributed by atoms with Crippen molar-refractivity contribution in [1.82, 2.24) is 9.80 Å². The average Bonchev–Trinajstić information content (AvgIpc) is 3.41. The highest BCUT2D eigenvalue weighted by Crippen LogP contribution is 2.32. The van der Waals surface area contributed by atoms with Gasteiger partial charge in [0.2, 0.25) is 11.8 Å². The summed E-state index contributed by atoms with van der Waals surface area (Å²) in [5.41, 5.74) is 1.36. The molecule has 3 aliphatic rings. The highest BCUT2D eigenvalue weighted by Gasteiger charge is 2.36. The molecule has 4 rings (SSSR count). The van der Waals surface area contributed by atoms with Crippen molar-refractivity contribution in [2.75, 3.05) is 31.5 Å². The van der Waals surface area contributed by atoms with Gasteiger partial charge in [-0.25, -0.2) is 0 Å². The monoisotopic (exact) mass is 369 g/mol. The maximum Gasteiger partial charge on any atom is 0.253 e. The van der Waals surface area contributed by atoms with Gasteiger partial charge in [0, 0.05) is 43.3 Å². The van der Waals surface area contributed by atoms with Crippen molar-refractivity contribution >= 4 is 23.4 Å². The van der Waals surface area contributed by atoms with Crippen LogP contribution in [0.2, 0.25) is 0 Å². The van der Waals surface area contributed by atoms with Gasteiger partial charge in [-0.05, 0) is 62.8 Å². The molecule has 1 N–H and O–H groups in total. The Morgan fingerprint density at radius 1 is 0.815 bits per heavy atom. The van der Waals surface area contributed by atoms with Crippen molar-refractivity contribution < 1.29 is 14.4 Å². The molecule has 2 heterocycles. The van der Waals surface area contributed by atoms with Crippen molar-refractivity contribution in [2.24, 2.45) is 11.8 Å². The van der Waals surface area contributed by atoms with Crippen LogP contribution < -0.4 is 5.32 Å². The number of amides is 3. The lowest BCUT2D eigenvalue weighted by atomic mass is 9.96. The van der Waals surface area contributed by atoms with Gasteiger partial charge in [-0.1, -0.05) is 0 Å². The Labute approximate surface area is 159 Å². The minimum Gasteiger partial charge on any atom is -0.342 e. The fraction of sp³-hybridized carbons (Fsp3) is 0.571. The third kappa shape index (κ3) is 4.15. The summed E-state index contributed by atoms with van der Waals surface area (Å²) in [5.74, 6) is 0.283. The normalized spacial score (nSPS) is 22.6. The second kappa shape index (κ2) is 7.71. The number of nitrogens with zero attached hydrogens (tertiary/aromatic N) is 2. The van der Waals surface area contributed by atoms with Gasteiger partial charge in [0.25, 0.3) is 5.91 Å². The molecule has 2 aliphatic heterocycles. The van der Waals surface area contributed by atoms with E-state index in [9.17, 15) is 14.4 Å². The van der Waals surface area contributed by atoms with Crippen LogP contribution in [0.15, 0.2) is 24.3 Å². The molecular formula is C21H27N3O3. The Morgan fingerprint density at radius 2 is 1.48 bits per heavy atom. The Kier molecular flexibility index (Phi) is 5.14. The first-order valence-electron chi connectivity index (χ1n) is 10.1. The molecule has 1 aromatic rings. The maximum absolute atomic E-state index is 12.6. The highest BCUT2D eigenvalue weighted by atomic mass is 16.2. The molecule has 0 aromatic heterocycles. The zero-order valence-electron chi connectivity index (χ0n) is 15.7. The molecule has 2 saturated heterocycles. The predicted molar refractivity (Wildman–Crippen MR) is 102 cm³/mol. The van der Waals surface area contributed by atoms with Crippen LogP contribution in [0.3, 0.4) is 0 Å². The van der Waals surface area contributed by atoms with Gasteiger partial charge >= 0.3 is 0 Å². The van der Waals surface area contributed by atoms with E-state index in [0.29, 0.717) is 17.8 Å². The average molecular weight is 369 g/mol. The van der Waals surface area contributed by atoms with E-state index in [2.05, 4.69) is 5.32 Å². The van der Waals surface area contributed by atoms with Gasteiger partial charge in [0.15, 0.2) is 0 Å². The molecule has 3 fully saturated rings. The number of benzene rings is 1. The van der Waals surface area contributed by atoms with Crippen molar-refractivity contribution in [1.29, 1.82) is 0 Å². The number of piperidine rings is 1. The molecule has 27 heavy (non-hydrogen) atoms. The summed E-state index contributed by atoms with van der Waals surface area (Å²) in [6, 6.07) is 7.13. The zero-order chi connectivity index (χ0) is 18.8. The van der Waals surface area contributed by atoms with E-state index in [1.807, 2.05) is 9.80 Å². The summed E-state index contributed by atoms with van der Waals surface area (Å²) < 4.78 is 0. The maximum atomic E-state index is 12.6. The van der Waals surface area contributed by atoms with E-state index in [1.165, 1.54) is 0 Å². The van der Waals surface area contributed by atoms with E-state index in [0.717, 1.165) is 58.2 Å². The number of likely N-dealkylation sites (tertiary alicyclic amines) is 2. The standard InChI is InChI=1S/C21H27N3O3/c25-19(17-4-3-13-24(14-17)21(27)15-5-6-15)22-18-9-7-16(8-10-18)20(26)23-11-1-2-12-23/h7-10,15,17H,1-6,11-14H2,(H,22,25). The molecule has 0 radical (unpaired) electrons. The van der Waals surface area contributed by atoms with Gasteiger partial charge in [-0.15, -0.1) is 0 Å². The molecule has 1 unspecified atom stereocenters. The Balaban J connectivity index is 1.33. The van der Waals surface area contributed by atoms with Gasteiger partial charge in [0.05, 0.1) is 5.92 Å². The van der Waals surface area contributed by atoms with Crippen molar-refractivity contribution in [3.8, 4) is 0 Å². The lowest BCUT2D eigenvalue weighted by molar-refractivity contribution is -0.135. The van der Waals surface area contributed by atoms with Gasteiger partial charge in [-0.2, -0.15) is 0 Å². The first kappa shape index (κ1) is 18.0. The van der Waals surface area contributed by atoms with Crippen molar-refractivity contribution in [3.63, 3.8) is 0 Å². The largest absolute Gasteiger partial charge is 0.342 e. The van der Waals surface area contributed by atoms with E-state index < -0.39 is 0 Å². The summed E-state index contributed by atoms with van der Waals surface area (Å²) in [4.78, 5) is 41.0. The van der Waals surface area contributed by atoms with Crippen LogP contribution in [0.4, 0.5) is 5.69 Å². The Hall–Kier alpha value is -2.37. The first-order valence-corrected chi connectivity index (χ1v) is 10.1. The van der Waals surface area contributed by atoms with Gasteiger partial charge in [0.1, 0.15) is 0 Å². The van der Waals surface area contributed by atoms with Crippen LogP contribution in [-0.4, -0.2) is 53.7 Å². The van der Waals surface area contributed by atoms with Crippen LogP contribution in [0.25, 0.3) is 0 Å². The lowest BCUT2D eigenvalue weighted by Crippen LogP contribution is -2.44. The van der Waals surface area contributed by atoms with Crippen LogP contribution in [0.5, 0.6) is 0 Å². The summed E-state index contributed by atoms with van der Waals surface area (Å²) in [7, 11) is 0. The number of rotatable bonds is 4. The second-order valence-electron chi connectivity index (χ2n) is 7.96. The SMILES string of the molecule is O=C(Nc1ccc(C(=O)N2CCCC2)cc1)C1CCCN(C(=O)C2CC2)C1.